The lowest BCUT2D eigenvalue weighted by molar-refractivity contribution is 0.0581. The summed E-state index contributed by atoms with van der Waals surface area (Å²) in [6.45, 7) is 7.62. The third-order valence-corrected chi connectivity index (χ3v) is 3.54. The summed E-state index contributed by atoms with van der Waals surface area (Å²) >= 11 is 5.16. The Morgan fingerprint density at radius 1 is 0.923 bits per heavy atom. The van der Waals surface area contributed by atoms with Gasteiger partial charge in [0, 0.05) is 11.1 Å². The SMILES string of the molecule is Cc1ccccc1C(=O)N(N)C(C)(C)C.Cl.Cl.O=C(Cl)c1ccccc1. The number of aryl methyl sites for hydroxylation is 1. The first-order chi connectivity index (χ1) is 11.1. The predicted octanol–water partition coefficient (Wildman–Crippen LogP) is 5.02. The highest BCUT2D eigenvalue weighted by molar-refractivity contribution is 6.67. The number of nitrogens with zero attached hydrogens (tertiary/aromatic N) is 1. The van der Waals surface area contributed by atoms with Gasteiger partial charge in [-0.2, -0.15) is 0 Å². The van der Waals surface area contributed by atoms with Crippen LogP contribution >= 0.6 is 36.4 Å². The van der Waals surface area contributed by atoms with Crippen molar-refractivity contribution in [2.45, 2.75) is 33.2 Å². The molecule has 0 saturated carbocycles. The zero-order chi connectivity index (χ0) is 18.3. The number of carbonyl (C=O) groups is 2. The van der Waals surface area contributed by atoms with Gasteiger partial charge in [-0.25, -0.2) is 5.84 Å². The minimum Gasteiger partial charge on any atom is -0.276 e. The number of nitrogens with two attached hydrogens (primary N) is 1. The Balaban J connectivity index is 0. The molecule has 144 valence electrons. The summed E-state index contributed by atoms with van der Waals surface area (Å²) in [5, 5.41) is 0.866. The number of carbonyl (C=O) groups excluding carboxylic acids is 2. The van der Waals surface area contributed by atoms with Crippen LogP contribution in [0, 0.1) is 6.92 Å². The standard InChI is InChI=1S/C12H18N2O.C7H5ClO.2ClH/c1-9-7-5-6-8-10(9)11(15)14(13)12(2,3)4;8-7(9)6-4-2-1-3-5-6;;/h5-8H,13H2,1-4H3;1-5H;2*1H. The summed E-state index contributed by atoms with van der Waals surface area (Å²) in [4.78, 5) is 22.4. The second-order valence-electron chi connectivity index (χ2n) is 6.30. The fourth-order valence-electron chi connectivity index (χ4n) is 1.82. The summed E-state index contributed by atoms with van der Waals surface area (Å²) < 4.78 is 0. The maximum Gasteiger partial charge on any atom is 0.268 e. The minimum absolute atomic E-state index is 0. The van der Waals surface area contributed by atoms with E-state index in [1.807, 2.05) is 52.0 Å². The Hall–Kier alpha value is -1.59. The lowest BCUT2D eigenvalue weighted by atomic mass is 10.0. The average Bonchev–Trinajstić information content (AvgIpc) is 2.54. The monoisotopic (exact) mass is 418 g/mol. The van der Waals surface area contributed by atoms with Gasteiger partial charge in [-0.15, -0.1) is 24.8 Å². The van der Waals surface area contributed by atoms with E-state index in [4.69, 9.17) is 17.4 Å². The van der Waals surface area contributed by atoms with Crippen LogP contribution in [0.15, 0.2) is 54.6 Å². The van der Waals surface area contributed by atoms with Crippen LogP contribution in [0.2, 0.25) is 0 Å². The van der Waals surface area contributed by atoms with Gasteiger partial charge in [-0.1, -0.05) is 48.5 Å². The zero-order valence-corrected chi connectivity index (χ0v) is 17.6. The van der Waals surface area contributed by atoms with E-state index >= 15 is 0 Å². The van der Waals surface area contributed by atoms with Crippen molar-refractivity contribution in [3.63, 3.8) is 0 Å². The van der Waals surface area contributed by atoms with Crippen LogP contribution in [0.25, 0.3) is 0 Å². The second-order valence-corrected chi connectivity index (χ2v) is 6.64. The van der Waals surface area contributed by atoms with E-state index in [0.717, 1.165) is 5.56 Å². The van der Waals surface area contributed by atoms with Crippen molar-refractivity contribution >= 4 is 47.6 Å². The van der Waals surface area contributed by atoms with Crippen molar-refractivity contribution in [2.75, 3.05) is 0 Å². The van der Waals surface area contributed by atoms with Crippen molar-refractivity contribution in [3.8, 4) is 0 Å². The van der Waals surface area contributed by atoms with Crippen LogP contribution in [0.4, 0.5) is 0 Å². The topological polar surface area (TPSA) is 63.4 Å². The largest absolute Gasteiger partial charge is 0.276 e. The first-order valence-electron chi connectivity index (χ1n) is 7.54. The third kappa shape index (κ3) is 8.19. The molecule has 26 heavy (non-hydrogen) atoms. The summed E-state index contributed by atoms with van der Waals surface area (Å²) in [7, 11) is 0. The minimum atomic E-state index is -0.407. The van der Waals surface area contributed by atoms with E-state index < -0.39 is 5.24 Å². The van der Waals surface area contributed by atoms with Crippen LogP contribution in [0.3, 0.4) is 0 Å². The molecule has 2 aromatic carbocycles. The summed E-state index contributed by atoms with van der Waals surface area (Å²) in [5.41, 5.74) is 1.79. The number of benzene rings is 2. The van der Waals surface area contributed by atoms with Gasteiger partial charge in [0.1, 0.15) is 0 Å². The second kappa shape index (κ2) is 11.9. The molecule has 2 N–H and O–H groups in total. The molecule has 7 heteroatoms. The van der Waals surface area contributed by atoms with Crippen LogP contribution < -0.4 is 5.84 Å². The summed E-state index contributed by atoms with van der Waals surface area (Å²) in [6, 6.07) is 16.2. The normalized spacial score (nSPS) is 9.62. The molecule has 0 fully saturated rings. The molecule has 0 bridgehead atoms. The van der Waals surface area contributed by atoms with Gasteiger partial charge in [0.05, 0.1) is 5.54 Å². The fraction of sp³-hybridized carbons (Fsp3) is 0.263. The molecule has 0 spiro atoms. The number of amides is 1. The van der Waals surface area contributed by atoms with E-state index in [0.29, 0.717) is 11.1 Å². The zero-order valence-electron chi connectivity index (χ0n) is 15.2. The Labute approximate surface area is 172 Å². The fourth-order valence-corrected chi connectivity index (χ4v) is 1.94. The van der Waals surface area contributed by atoms with Gasteiger partial charge in [0.25, 0.3) is 11.1 Å². The van der Waals surface area contributed by atoms with Crippen molar-refractivity contribution in [3.05, 3.63) is 71.3 Å². The van der Waals surface area contributed by atoms with Gasteiger partial charge in [-0.3, -0.25) is 14.6 Å². The number of hydrazine groups is 1. The first kappa shape index (κ1) is 26.6. The van der Waals surface area contributed by atoms with Crippen LogP contribution in [-0.2, 0) is 0 Å². The van der Waals surface area contributed by atoms with E-state index in [1.165, 1.54) is 5.01 Å². The highest BCUT2D eigenvalue weighted by atomic mass is 35.5. The molecule has 2 rings (SSSR count). The number of hydrogen-bond acceptors (Lipinski definition) is 3. The Bertz CT molecular complexity index is 701. The molecule has 0 aliphatic heterocycles. The number of hydrogen-bond donors (Lipinski definition) is 1. The number of rotatable bonds is 2. The third-order valence-electron chi connectivity index (χ3n) is 3.32. The van der Waals surface area contributed by atoms with Crippen molar-refractivity contribution in [1.29, 1.82) is 0 Å². The van der Waals surface area contributed by atoms with Crippen LogP contribution in [0.1, 0.15) is 47.1 Å². The molecule has 0 saturated heterocycles. The molecule has 0 unspecified atom stereocenters. The summed E-state index contributed by atoms with van der Waals surface area (Å²) in [6.07, 6.45) is 0. The number of halogens is 3. The molecule has 1 amide bonds. The van der Waals surface area contributed by atoms with Crippen molar-refractivity contribution in [2.24, 2.45) is 5.84 Å². The maximum absolute atomic E-state index is 12.0. The Kier molecular flexibility index (Phi) is 12.2. The molecular formula is C19H25Cl3N2O2. The average molecular weight is 420 g/mol. The van der Waals surface area contributed by atoms with E-state index in [2.05, 4.69) is 0 Å². The molecule has 0 aliphatic carbocycles. The Morgan fingerprint density at radius 3 is 1.77 bits per heavy atom. The highest BCUT2D eigenvalue weighted by Crippen LogP contribution is 2.15. The van der Waals surface area contributed by atoms with Gasteiger partial charge in [0.15, 0.2) is 0 Å². The molecule has 4 nitrogen and oxygen atoms in total. The molecule has 0 heterocycles. The van der Waals surface area contributed by atoms with Gasteiger partial charge >= 0.3 is 0 Å². The van der Waals surface area contributed by atoms with E-state index in [1.54, 1.807) is 30.3 Å². The predicted molar refractivity (Wildman–Crippen MR) is 112 cm³/mol. The Morgan fingerprint density at radius 2 is 1.38 bits per heavy atom. The lowest BCUT2D eigenvalue weighted by Crippen LogP contribution is -2.50. The van der Waals surface area contributed by atoms with Gasteiger partial charge < -0.3 is 0 Å². The molecular weight excluding hydrogens is 395 g/mol. The molecule has 0 atom stereocenters. The van der Waals surface area contributed by atoms with Gasteiger partial charge in [-0.05, 0) is 50.9 Å². The first-order valence-corrected chi connectivity index (χ1v) is 7.92. The van der Waals surface area contributed by atoms with Crippen LogP contribution in [0.5, 0.6) is 0 Å². The maximum atomic E-state index is 12.0. The lowest BCUT2D eigenvalue weighted by Gasteiger charge is -2.31. The smallest absolute Gasteiger partial charge is 0.268 e. The molecule has 2 aromatic rings. The molecule has 0 aromatic heterocycles. The van der Waals surface area contributed by atoms with Crippen molar-refractivity contribution in [1.82, 2.24) is 5.01 Å². The van der Waals surface area contributed by atoms with Gasteiger partial charge in [0.2, 0.25) is 0 Å². The van der Waals surface area contributed by atoms with Crippen molar-refractivity contribution < 1.29 is 9.59 Å². The van der Waals surface area contributed by atoms with Crippen LogP contribution in [-0.4, -0.2) is 21.7 Å². The summed E-state index contributed by atoms with van der Waals surface area (Å²) in [5.74, 6) is 5.64. The molecule has 0 radical (unpaired) electrons. The quantitative estimate of drug-likeness (QED) is 0.322. The van der Waals surface area contributed by atoms with E-state index in [-0.39, 0.29) is 36.3 Å². The highest BCUT2D eigenvalue weighted by Gasteiger charge is 2.24. The molecule has 0 aliphatic rings. The van der Waals surface area contributed by atoms with E-state index in [9.17, 15) is 9.59 Å².